The molecule has 2 aromatic heterocycles. The molecule has 0 saturated carbocycles. The van der Waals surface area contributed by atoms with Crippen molar-refractivity contribution in [1.82, 2.24) is 19.9 Å². The Labute approximate surface area is 146 Å². The SMILES string of the molecule is Cc1ccn2ncnc(N3CC[C@](CO)(NC(=O)OC(C)(C)C)C3)c12. The summed E-state index contributed by atoms with van der Waals surface area (Å²) in [5.41, 5.74) is 0.691. The Morgan fingerprint density at radius 1 is 1.48 bits per heavy atom. The van der Waals surface area contributed by atoms with Crippen molar-refractivity contribution >= 4 is 17.4 Å². The van der Waals surface area contributed by atoms with Crippen LogP contribution in [0.15, 0.2) is 18.6 Å². The van der Waals surface area contributed by atoms with E-state index in [1.54, 1.807) is 4.52 Å². The zero-order chi connectivity index (χ0) is 18.2. The number of aliphatic hydroxyl groups excluding tert-OH is 1. The van der Waals surface area contributed by atoms with E-state index in [0.29, 0.717) is 19.5 Å². The van der Waals surface area contributed by atoms with Crippen molar-refractivity contribution in [3.05, 3.63) is 24.2 Å². The molecule has 1 atom stereocenters. The van der Waals surface area contributed by atoms with Crippen molar-refractivity contribution in [2.45, 2.75) is 45.3 Å². The second-order valence-corrected chi connectivity index (χ2v) is 7.61. The summed E-state index contributed by atoms with van der Waals surface area (Å²) in [7, 11) is 0. The summed E-state index contributed by atoms with van der Waals surface area (Å²) < 4.78 is 7.12. The first-order chi connectivity index (χ1) is 11.7. The van der Waals surface area contributed by atoms with Crippen LogP contribution in [0.5, 0.6) is 0 Å². The molecule has 1 aliphatic rings. The lowest BCUT2D eigenvalue weighted by atomic mass is 10.0. The largest absolute Gasteiger partial charge is 0.444 e. The van der Waals surface area contributed by atoms with Crippen LogP contribution in [-0.2, 0) is 4.74 Å². The van der Waals surface area contributed by atoms with E-state index in [-0.39, 0.29) is 6.61 Å². The first kappa shape index (κ1) is 17.5. The highest BCUT2D eigenvalue weighted by Crippen LogP contribution is 2.29. The highest BCUT2D eigenvalue weighted by atomic mass is 16.6. The third-order valence-electron chi connectivity index (χ3n) is 4.36. The molecule has 2 N–H and O–H groups in total. The summed E-state index contributed by atoms with van der Waals surface area (Å²) in [5, 5.41) is 17.0. The highest BCUT2D eigenvalue weighted by molar-refractivity contribution is 5.74. The molecule has 0 spiro atoms. The normalized spacial score (nSPS) is 20.9. The topological polar surface area (TPSA) is 92.0 Å². The zero-order valence-corrected chi connectivity index (χ0v) is 15.1. The van der Waals surface area contributed by atoms with Gasteiger partial charge in [0.2, 0.25) is 0 Å². The minimum Gasteiger partial charge on any atom is -0.444 e. The Kier molecular flexibility index (Phi) is 4.32. The van der Waals surface area contributed by atoms with Gasteiger partial charge in [-0.1, -0.05) is 0 Å². The van der Waals surface area contributed by atoms with E-state index >= 15 is 0 Å². The zero-order valence-electron chi connectivity index (χ0n) is 15.1. The molecule has 8 nitrogen and oxygen atoms in total. The van der Waals surface area contributed by atoms with Crippen molar-refractivity contribution in [3.8, 4) is 0 Å². The fourth-order valence-corrected chi connectivity index (χ4v) is 3.16. The van der Waals surface area contributed by atoms with Gasteiger partial charge in [0.25, 0.3) is 0 Å². The molecule has 1 amide bonds. The molecule has 2 aromatic rings. The Bertz CT molecular complexity index is 782. The van der Waals surface area contributed by atoms with E-state index in [1.807, 2.05) is 40.0 Å². The number of nitrogens with zero attached hydrogens (tertiary/aromatic N) is 4. The number of aliphatic hydroxyl groups is 1. The van der Waals surface area contributed by atoms with E-state index < -0.39 is 17.2 Å². The number of amides is 1. The van der Waals surface area contributed by atoms with Gasteiger partial charge in [0.1, 0.15) is 17.4 Å². The quantitative estimate of drug-likeness (QED) is 0.874. The summed E-state index contributed by atoms with van der Waals surface area (Å²) in [4.78, 5) is 18.7. The van der Waals surface area contributed by atoms with Gasteiger partial charge < -0.3 is 20.1 Å². The highest BCUT2D eigenvalue weighted by Gasteiger charge is 2.41. The Balaban J connectivity index is 1.81. The van der Waals surface area contributed by atoms with E-state index in [4.69, 9.17) is 4.74 Å². The van der Waals surface area contributed by atoms with Gasteiger partial charge in [0.15, 0.2) is 5.82 Å². The summed E-state index contributed by atoms with van der Waals surface area (Å²) in [6.07, 6.45) is 3.50. The fourth-order valence-electron chi connectivity index (χ4n) is 3.16. The van der Waals surface area contributed by atoms with Crippen LogP contribution in [0.4, 0.5) is 10.6 Å². The average molecular weight is 347 g/mol. The Morgan fingerprint density at radius 2 is 2.24 bits per heavy atom. The molecule has 0 aromatic carbocycles. The molecule has 3 rings (SSSR count). The number of hydrogen-bond donors (Lipinski definition) is 2. The Morgan fingerprint density at radius 3 is 2.92 bits per heavy atom. The number of fused-ring (bicyclic) bond motifs is 1. The maximum Gasteiger partial charge on any atom is 0.408 e. The monoisotopic (exact) mass is 347 g/mol. The van der Waals surface area contributed by atoms with Gasteiger partial charge in [0, 0.05) is 19.3 Å². The Hall–Kier alpha value is -2.35. The number of aromatic nitrogens is 3. The van der Waals surface area contributed by atoms with Gasteiger partial charge in [-0.05, 0) is 45.7 Å². The number of carbonyl (C=O) groups is 1. The molecule has 1 aliphatic heterocycles. The lowest BCUT2D eigenvalue weighted by molar-refractivity contribution is 0.0417. The molecule has 0 aliphatic carbocycles. The second-order valence-electron chi connectivity index (χ2n) is 7.61. The predicted octanol–water partition coefficient (Wildman–Crippen LogP) is 1.50. The van der Waals surface area contributed by atoms with Gasteiger partial charge >= 0.3 is 6.09 Å². The number of carbonyl (C=O) groups excluding carboxylic acids is 1. The molecule has 25 heavy (non-hydrogen) atoms. The summed E-state index contributed by atoms with van der Waals surface area (Å²) in [6.45, 7) is 8.42. The maximum absolute atomic E-state index is 12.2. The lowest BCUT2D eigenvalue weighted by Gasteiger charge is -2.30. The number of rotatable bonds is 3. The molecule has 0 unspecified atom stereocenters. The van der Waals surface area contributed by atoms with Crippen molar-refractivity contribution < 1.29 is 14.6 Å². The lowest BCUT2D eigenvalue weighted by Crippen LogP contribution is -2.54. The standard InChI is InChI=1S/C17H25N5O3/c1-12-5-7-22-13(12)14(18-11-19-22)21-8-6-17(9-21,10-23)20-15(24)25-16(2,3)4/h5,7,11,23H,6,8-10H2,1-4H3,(H,20,24)/t17-/m0/s1. The van der Waals surface area contributed by atoms with Crippen LogP contribution in [0.3, 0.4) is 0 Å². The summed E-state index contributed by atoms with van der Waals surface area (Å²) in [6, 6.07) is 1.99. The van der Waals surface area contributed by atoms with Crippen molar-refractivity contribution in [3.63, 3.8) is 0 Å². The molecule has 1 saturated heterocycles. The van der Waals surface area contributed by atoms with Gasteiger partial charge in [-0.3, -0.25) is 0 Å². The van der Waals surface area contributed by atoms with E-state index in [9.17, 15) is 9.90 Å². The minimum absolute atomic E-state index is 0.163. The number of anilines is 1. The fraction of sp³-hybridized carbons (Fsp3) is 0.588. The molecule has 1 fully saturated rings. The van der Waals surface area contributed by atoms with Crippen LogP contribution in [0, 0.1) is 6.92 Å². The van der Waals surface area contributed by atoms with E-state index in [2.05, 4.69) is 20.3 Å². The number of aryl methyl sites for hydroxylation is 1. The number of hydrogen-bond acceptors (Lipinski definition) is 6. The third-order valence-corrected chi connectivity index (χ3v) is 4.36. The molecular formula is C17H25N5O3. The van der Waals surface area contributed by atoms with Crippen molar-refractivity contribution in [2.75, 3.05) is 24.6 Å². The number of nitrogens with one attached hydrogen (secondary N) is 1. The van der Waals surface area contributed by atoms with Crippen LogP contribution in [0.2, 0.25) is 0 Å². The van der Waals surface area contributed by atoms with Gasteiger partial charge in [-0.15, -0.1) is 0 Å². The first-order valence-electron chi connectivity index (χ1n) is 8.39. The predicted molar refractivity (Wildman–Crippen MR) is 93.7 cm³/mol. The van der Waals surface area contributed by atoms with Gasteiger partial charge in [-0.2, -0.15) is 5.10 Å². The number of ether oxygens (including phenoxy) is 1. The van der Waals surface area contributed by atoms with Crippen LogP contribution in [0.1, 0.15) is 32.8 Å². The minimum atomic E-state index is -0.745. The number of alkyl carbamates (subject to hydrolysis) is 1. The average Bonchev–Trinajstić information content (AvgIpc) is 3.10. The van der Waals surface area contributed by atoms with Crippen molar-refractivity contribution in [2.24, 2.45) is 0 Å². The van der Waals surface area contributed by atoms with Crippen LogP contribution in [-0.4, -0.2) is 56.6 Å². The van der Waals surface area contributed by atoms with E-state index in [0.717, 1.165) is 16.9 Å². The van der Waals surface area contributed by atoms with Crippen LogP contribution in [0.25, 0.3) is 5.52 Å². The van der Waals surface area contributed by atoms with Crippen LogP contribution >= 0.6 is 0 Å². The van der Waals surface area contributed by atoms with Crippen LogP contribution < -0.4 is 10.2 Å². The summed E-state index contributed by atoms with van der Waals surface area (Å²) in [5.74, 6) is 0.804. The molecule has 0 bridgehead atoms. The molecule has 0 radical (unpaired) electrons. The van der Waals surface area contributed by atoms with Crippen molar-refractivity contribution in [1.29, 1.82) is 0 Å². The molecular weight excluding hydrogens is 322 g/mol. The van der Waals surface area contributed by atoms with E-state index in [1.165, 1.54) is 6.33 Å². The molecule has 3 heterocycles. The smallest absolute Gasteiger partial charge is 0.408 e. The second kappa shape index (κ2) is 6.18. The molecule has 8 heteroatoms. The first-order valence-corrected chi connectivity index (χ1v) is 8.39. The maximum atomic E-state index is 12.2. The van der Waals surface area contributed by atoms with Gasteiger partial charge in [0.05, 0.1) is 12.1 Å². The molecule has 136 valence electrons. The third kappa shape index (κ3) is 3.53. The summed E-state index contributed by atoms with van der Waals surface area (Å²) >= 11 is 0. The van der Waals surface area contributed by atoms with Gasteiger partial charge in [-0.25, -0.2) is 14.3 Å².